The first-order chi connectivity index (χ1) is 14.2. The molecule has 32 heavy (non-hydrogen) atoms. The summed E-state index contributed by atoms with van der Waals surface area (Å²) in [4.78, 5) is 0. The van der Waals surface area contributed by atoms with E-state index < -0.39 is 0 Å². The minimum Gasteiger partial charge on any atom is -1.00 e. The Morgan fingerprint density at radius 2 is 1.34 bits per heavy atom. The predicted octanol–water partition coefficient (Wildman–Crippen LogP) is 1.90. The molecule has 0 heterocycles. The molecule has 0 amide bonds. The van der Waals surface area contributed by atoms with Crippen LogP contribution in [0.25, 0.3) is 32.7 Å². The monoisotopic (exact) mass is 534 g/mol. The Morgan fingerprint density at radius 1 is 0.688 bits per heavy atom. The van der Waals surface area contributed by atoms with E-state index in [-0.39, 0.29) is 51.0 Å². The van der Waals surface area contributed by atoms with E-state index in [1.807, 2.05) is 0 Å². The molecule has 0 N–H and O–H groups in total. The van der Waals surface area contributed by atoms with Gasteiger partial charge in [-0.2, -0.15) is 12.1 Å². The second-order valence-corrected chi connectivity index (χ2v) is 8.31. The van der Waals surface area contributed by atoms with Gasteiger partial charge in [-0.15, -0.1) is 69.1 Å². The molecule has 5 aromatic rings. The van der Waals surface area contributed by atoms with E-state index in [0.29, 0.717) is 0 Å². The smallest absolute Gasteiger partial charge is 1.00 e. The fraction of sp³-hybridized carbons (Fsp3) is 0.172. The summed E-state index contributed by atoms with van der Waals surface area (Å²) < 4.78 is 0. The van der Waals surface area contributed by atoms with Crippen LogP contribution in [0.4, 0.5) is 0 Å². The number of fused-ring (bicyclic) bond motifs is 3. The van der Waals surface area contributed by atoms with Crippen LogP contribution < -0.4 is 24.8 Å². The first-order valence-corrected chi connectivity index (χ1v) is 10.6. The summed E-state index contributed by atoms with van der Waals surface area (Å²) in [6.45, 7) is 4.32. The molecule has 0 saturated heterocycles. The standard InChI is InChI=1S/C19H17.C10H9.2ClH.Zr/c1-13-10-16-12-15-8-5-9-17(15)19(18(16)11-13)14-6-3-2-4-7-14;1-8-6-9-4-2-3-5-10(9)7-8;;;/h2-4,6-7,10-12H,5,8-9H2,1H3;2-7H,1H3;2*1H;/q2*-1;;;+4/p-2. The van der Waals surface area contributed by atoms with E-state index in [2.05, 4.69) is 98.8 Å². The van der Waals surface area contributed by atoms with Gasteiger partial charge in [0.05, 0.1) is 0 Å². The quantitative estimate of drug-likeness (QED) is 0.287. The number of hydrogen-bond acceptors (Lipinski definition) is 0. The van der Waals surface area contributed by atoms with E-state index in [4.69, 9.17) is 0 Å². The van der Waals surface area contributed by atoms with Crippen molar-refractivity contribution in [1.29, 1.82) is 0 Å². The second kappa shape index (κ2) is 11.5. The maximum atomic E-state index is 2.41. The van der Waals surface area contributed by atoms with Crippen LogP contribution in [0.1, 0.15) is 28.7 Å². The molecule has 0 spiro atoms. The van der Waals surface area contributed by atoms with Gasteiger partial charge in [0, 0.05) is 0 Å². The van der Waals surface area contributed by atoms with Crippen LogP contribution >= 0.6 is 0 Å². The molecule has 0 nitrogen and oxygen atoms in total. The van der Waals surface area contributed by atoms with Crippen LogP contribution in [-0.2, 0) is 39.0 Å². The van der Waals surface area contributed by atoms with Gasteiger partial charge in [0.25, 0.3) is 0 Å². The van der Waals surface area contributed by atoms with Crippen LogP contribution in [0.2, 0.25) is 0 Å². The van der Waals surface area contributed by atoms with Crippen LogP contribution in [0, 0.1) is 13.8 Å². The van der Waals surface area contributed by atoms with Crippen molar-refractivity contribution < 1.29 is 51.0 Å². The number of aryl methyl sites for hydroxylation is 3. The summed E-state index contributed by atoms with van der Waals surface area (Å²) >= 11 is 0. The fourth-order valence-electron chi connectivity index (χ4n) is 4.81. The third-order valence-corrected chi connectivity index (χ3v) is 6.05. The van der Waals surface area contributed by atoms with Crippen molar-refractivity contribution in [2.24, 2.45) is 0 Å². The Kier molecular flexibility index (Phi) is 9.53. The summed E-state index contributed by atoms with van der Waals surface area (Å²) in [5.74, 6) is 0. The maximum absolute atomic E-state index is 2.41. The number of rotatable bonds is 1. The zero-order chi connectivity index (χ0) is 19.8. The van der Waals surface area contributed by atoms with Gasteiger partial charge in [-0.25, -0.2) is 0 Å². The summed E-state index contributed by atoms with van der Waals surface area (Å²) in [5, 5.41) is 5.54. The minimum absolute atomic E-state index is 0. The Balaban J connectivity index is 0.000000241. The molecule has 0 saturated carbocycles. The Labute approximate surface area is 222 Å². The van der Waals surface area contributed by atoms with E-state index >= 15 is 0 Å². The average molecular weight is 537 g/mol. The molecule has 160 valence electrons. The van der Waals surface area contributed by atoms with Crippen molar-refractivity contribution in [3.05, 3.63) is 107 Å². The Bertz CT molecular complexity index is 1260. The van der Waals surface area contributed by atoms with Crippen LogP contribution in [0.15, 0.2) is 84.9 Å². The third-order valence-electron chi connectivity index (χ3n) is 6.05. The van der Waals surface area contributed by atoms with Crippen molar-refractivity contribution in [2.45, 2.75) is 33.1 Å². The van der Waals surface area contributed by atoms with Crippen molar-refractivity contribution in [1.82, 2.24) is 0 Å². The zero-order valence-corrected chi connectivity index (χ0v) is 22.4. The van der Waals surface area contributed by atoms with Gasteiger partial charge in [-0.05, 0) is 24.8 Å². The molecule has 0 aromatic heterocycles. The van der Waals surface area contributed by atoms with Crippen LogP contribution in [0.3, 0.4) is 0 Å². The number of halogens is 2. The molecule has 0 aliphatic heterocycles. The number of hydrogen-bond donors (Lipinski definition) is 0. The summed E-state index contributed by atoms with van der Waals surface area (Å²) in [7, 11) is 0. The van der Waals surface area contributed by atoms with Crippen molar-refractivity contribution >= 4 is 21.5 Å². The van der Waals surface area contributed by atoms with Gasteiger partial charge < -0.3 is 24.8 Å². The van der Waals surface area contributed by atoms with E-state index in [9.17, 15) is 0 Å². The molecule has 0 fully saturated rings. The van der Waals surface area contributed by atoms with Gasteiger partial charge in [-0.1, -0.05) is 66.9 Å². The Hall–Kier alpha value is -1.66. The molecule has 3 heteroatoms. The summed E-state index contributed by atoms with van der Waals surface area (Å²) in [6, 6.07) is 30.8. The molecular weight excluding hydrogens is 510 g/mol. The number of benzene rings is 3. The SMILES string of the molecule is Cc1cc2c(-c3ccccc3)c3c(cc2[cH-]1)CCC3.Cc1cc2ccccc2[cH-]1.[Cl-].[Cl-].[Zr+4]. The molecular formula is C29H26Cl2Zr. The van der Waals surface area contributed by atoms with Gasteiger partial charge in [0.15, 0.2) is 0 Å². The normalized spacial score (nSPS) is 11.6. The summed E-state index contributed by atoms with van der Waals surface area (Å²) in [6.07, 6.45) is 3.79. The molecule has 6 rings (SSSR count). The summed E-state index contributed by atoms with van der Waals surface area (Å²) in [5.41, 5.74) is 8.73. The minimum atomic E-state index is 0. The second-order valence-electron chi connectivity index (χ2n) is 8.31. The van der Waals surface area contributed by atoms with E-state index in [1.54, 1.807) is 11.1 Å². The topological polar surface area (TPSA) is 0 Å². The molecule has 0 atom stereocenters. The molecule has 5 aromatic carbocycles. The van der Waals surface area contributed by atoms with Gasteiger partial charge in [0.2, 0.25) is 0 Å². The third kappa shape index (κ3) is 5.28. The Morgan fingerprint density at radius 3 is 2.09 bits per heavy atom. The zero-order valence-electron chi connectivity index (χ0n) is 18.5. The average Bonchev–Trinajstić information content (AvgIpc) is 3.43. The predicted molar refractivity (Wildman–Crippen MR) is 126 cm³/mol. The van der Waals surface area contributed by atoms with Gasteiger partial charge in [-0.3, -0.25) is 0 Å². The first-order valence-electron chi connectivity index (χ1n) is 10.6. The van der Waals surface area contributed by atoms with Gasteiger partial charge in [0.1, 0.15) is 0 Å². The first kappa shape index (κ1) is 26.6. The molecule has 1 aliphatic carbocycles. The van der Waals surface area contributed by atoms with Gasteiger partial charge >= 0.3 is 26.2 Å². The molecule has 0 bridgehead atoms. The molecule has 1 aliphatic rings. The fourth-order valence-corrected chi connectivity index (χ4v) is 4.81. The van der Waals surface area contributed by atoms with E-state index in [1.165, 1.54) is 63.1 Å². The van der Waals surface area contributed by atoms with E-state index in [0.717, 1.165) is 0 Å². The van der Waals surface area contributed by atoms with Crippen molar-refractivity contribution in [3.8, 4) is 11.1 Å². The maximum Gasteiger partial charge on any atom is 4.00 e. The van der Waals surface area contributed by atoms with Crippen molar-refractivity contribution in [2.75, 3.05) is 0 Å². The largest absolute Gasteiger partial charge is 4.00 e. The van der Waals surface area contributed by atoms with Crippen LogP contribution in [0.5, 0.6) is 0 Å². The molecule has 0 unspecified atom stereocenters. The molecule has 0 radical (unpaired) electrons. The van der Waals surface area contributed by atoms with Crippen LogP contribution in [-0.4, -0.2) is 0 Å². The van der Waals surface area contributed by atoms with Crippen molar-refractivity contribution in [3.63, 3.8) is 0 Å².